The first kappa shape index (κ1) is 20.3. The number of amides is 1. The number of carbonyl (C=O) groups excluding carboxylic acids is 1. The van der Waals surface area contributed by atoms with Crippen LogP contribution in [0.5, 0.6) is 0 Å². The average Bonchev–Trinajstić information content (AvgIpc) is 2.66. The number of ether oxygens (including phenoxy) is 1. The molecule has 3 N–H and O–H groups in total. The minimum atomic E-state index is -0.991. The van der Waals surface area contributed by atoms with E-state index in [2.05, 4.69) is 5.32 Å². The van der Waals surface area contributed by atoms with Gasteiger partial charge in [-0.05, 0) is 23.3 Å². The molecular formula is C20H26N2O3S. The zero-order chi connectivity index (χ0) is 18.9. The Balaban J connectivity index is 1.98. The topological polar surface area (TPSA) is 81.4 Å². The summed E-state index contributed by atoms with van der Waals surface area (Å²) in [6.45, 7) is 2.29. The number of carbonyl (C=O) groups is 1. The molecule has 0 aliphatic carbocycles. The molecule has 0 spiro atoms. The van der Waals surface area contributed by atoms with E-state index < -0.39 is 10.8 Å². The lowest BCUT2D eigenvalue weighted by Crippen LogP contribution is -2.30. The number of methoxy groups -OCH3 is 1. The van der Waals surface area contributed by atoms with Crippen molar-refractivity contribution in [3.05, 3.63) is 65.7 Å². The van der Waals surface area contributed by atoms with Crippen molar-refractivity contribution >= 4 is 22.4 Å². The molecule has 0 radical (unpaired) electrons. The van der Waals surface area contributed by atoms with E-state index in [9.17, 15) is 9.00 Å². The van der Waals surface area contributed by atoms with Crippen molar-refractivity contribution in [3.8, 4) is 0 Å². The highest BCUT2D eigenvalue weighted by atomic mass is 32.2. The Bertz CT molecular complexity index is 737. The van der Waals surface area contributed by atoms with E-state index in [0.29, 0.717) is 23.8 Å². The third-order valence-corrected chi connectivity index (χ3v) is 5.45. The van der Waals surface area contributed by atoms with Gasteiger partial charge in [0.2, 0.25) is 5.91 Å². The molecule has 0 saturated heterocycles. The molecule has 1 amide bonds. The zero-order valence-corrected chi connectivity index (χ0v) is 16.0. The van der Waals surface area contributed by atoms with Gasteiger partial charge in [-0.1, -0.05) is 49.4 Å². The van der Waals surface area contributed by atoms with Crippen molar-refractivity contribution in [1.29, 1.82) is 0 Å². The van der Waals surface area contributed by atoms with E-state index in [4.69, 9.17) is 10.5 Å². The van der Waals surface area contributed by atoms with Gasteiger partial charge in [0.05, 0.1) is 12.5 Å². The van der Waals surface area contributed by atoms with Crippen LogP contribution in [0.25, 0.3) is 0 Å². The summed E-state index contributed by atoms with van der Waals surface area (Å²) in [6, 6.07) is 16.6. The van der Waals surface area contributed by atoms with E-state index in [1.807, 2.05) is 61.5 Å². The maximum Gasteiger partial charge on any atom is 0.229 e. The predicted octanol–water partition coefficient (Wildman–Crippen LogP) is 2.86. The first-order valence-corrected chi connectivity index (χ1v) is 10.0. The molecule has 6 heteroatoms. The summed E-state index contributed by atoms with van der Waals surface area (Å²) in [5.74, 6) is 0.415. The van der Waals surface area contributed by atoms with Gasteiger partial charge in [0.25, 0.3) is 0 Å². The summed E-state index contributed by atoms with van der Waals surface area (Å²) < 4.78 is 16.9. The Morgan fingerprint density at radius 3 is 2.62 bits per heavy atom. The Labute approximate surface area is 157 Å². The Morgan fingerprint density at radius 2 is 1.92 bits per heavy atom. The van der Waals surface area contributed by atoms with Crippen molar-refractivity contribution in [2.24, 2.45) is 11.7 Å². The lowest BCUT2D eigenvalue weighted by atomic mass is 9.94. The van der Waals surface area contributed by atoms with Crippen LogP contribution in [0.4, 0.5) is 5.69 Å². The highest BCUT2D eigenvalue weighted by molar-refractivity contribution is 7.84. The van der Waals surface area contributed by atoms with Gasteiger partial charge in [0.15, 0.2) is 0 Å². The minimum absolute atomic E-state index is 0.140. The number of nitrogens with one attached hydrogen (secondary N) is 1. The fourth-order valence-corrected chi connectivity index (χ4v) is 3.60. The number of nitrogens with two attached hydrogens (primary N) is 1. The Morgan fingerprint density at radius 1 is 1.19 bits per heavy atom. The highest BCUT2D eigenvalue weighted by Crippen LogP contribution is 2.21. The Hall–Kier alpha value is -2.02. The average molecular weight is 375 g/mol. The van der Waals surface area contributed by atoms with Crippen LogP contribution in [-0.4, -0.2) is 29.6 Å². The van der Waals surface area contributed by atoms with Crippen LogP contribution in [0.15, 0.2) is 54.6 Å². The van der Waals surface area contributed by atoms with Gasteiger partial charge in [-0.2, -0.15) is 0 Å². The van der Waals surface area contributed by atoms with Crippen molar-refractivity contribution in [1.82, 2.24) is 0 Å². The summed E-state index contributed by atoms with van der Waals surface area (Å²) in [4.78, 5) is 12.5. The zero-order valence-electron chi connectivity index (χ0n) is 15.2. The third-order valence-electron chi connectivity index (χ3n) is 4.17. The molecule has 3 atom stereocenters. The Kier molecular flexibility index (Phi) is 7.97. The summed E-state index contributed by atoms with van der Waals surface area (Å²) in [5, 5.41) is 2.91. The van der Waals surface area contributed by atoms with Crippen LogP contribution in [0, 0.1) is 5.92 Å². The normalized spacial score (nSPS) is 14.4. The lowest BCUT2D eigenvalue weighted by molar-refractivity contribution is -0.120. The van der Waals surface area contributed by atoms with E-state index in [1.54, 1.807) is 7.11 Å². The molecule has 0 heterocycles. The molecule has 140 valence electrons. The molecule has 2 aromatic rings. The summed E-state index contributed by atoms with van der Waals surface area (Å²) in [5.41, 5.74) is 8.75. The maximum atomic E-state index is 12.5. The first-order chi connectivity index (χ1) is 12.5. The molecule has 0 aromatic heterocycles. The van der Waals surface area contributed by atoms with Crippen molar-refractivity contribution in [3.63, 3.8) is 0 Å². The molecular weight excluding hydrogens is 348 g/mol. The molecule has 26 heavy (non-hydrogen) atoms. The van der Waals surface area contributed by atoms with Gasteiger partial charge >= 0.3 is 0 Å². The van der Waals surface area contributed by atoms with Gasteiger partial charge in [-0.15, -0.1) is 0 Å². The largest absolute Gasteiger partial charge is 0.384 e. The SMILES string of the molecule is COCCS(=O)Cc1cccc(NC(=O)C(C)C(N)c2ccccc2)c1. The van der Waals surface area contributed by atoms with Crippen molar-refractivity contribution in [2.45, 2.75) is 18.7 Å². The number of anilines is 1. The highest BCUT2D eigenvalue weighted by Gasteiger charge is 2.22. The fourth-order valence-electron chi connectivity index (χ4n) is 2.56. The number of hydrogen-bond acceptors (Lipinski definition) is 4. The van der Waals surface area contributed by atoms with Crippen LogP contribution in [0.2, 0.25) is 0 Å². The van der Waals surface area contributed by atoms with Crippen LogP contribution in [-0.2, 0) is 26.1 Å². The smallest absolute Gasteiger partial charge is 0.229 e. The molecule has 2 aromatic carbocycles. The molecule has 0 aliphatic heterocycles. The van der Waals surface area contributed by atoms with Crippen LogP contribution in [0.1, 0.15) is 24.1 Å². The van der Waals surface area contributed by atoms with Crippen LogP contribution in [0.3, 0.4) is 0 Å². The molecule has 5 nitrogen and oxygen atoms in total. The van der Waals surface area contributed by atoms with Crippen molar-refractivity contribution in [2.75, 3.05) is 24.8 Å². The van der Waals surface area contributed by atoms with Crippen molar-refractivity contribution < 1.29 is 13.7 Å². The summed E-state index contributed by atoms with van der Waals surface area (Å²) in [6.07, 6.45) is 0. The molecule has 0 saturated carbocycles. The molecule has 0 fully saturated rings. The second kappa shape index (κ2) is 10.2. The van der Waals surface area contributed by atoms with E-state index in [1.165, 1.54) is 0 Å². The number of hydrogen-bond donors (Lipinski definition) is 2. The number of rotatable bonds is 9. The third kappa shape index (κ3) is 6.05. The maximum absolute atomic E-state index is 12.5. The lowest BCUT2D eigenvalue weighted by Gasteiger charge is -2.20. The van der Waals surface area contributed by atoms with Gasteiger partial charge in [-0.3, -0.25) is 9.00 Å². The fraction of sp³-hybridized carbons (Fsp3) is 0.350. The van der Waals surface area contributed by atoms with E-state index >= 15 is 0 Å². The quantitative estimate of drug-likeness (QED) is 0.707. The second-order valence-corrected chi connectivity index (χ2v) is 7.77. The van der Waals surface area contributed by atoms with Gasteiger partial charge < -0.3 is 15.8 Å². The molecule has 2 rings (SSSR count). The minimum Gasteiger partial charge on any atom is -0.384 e. The van der Waals surface area contributed by atoms with Gasteiger partial charge in [0, 0.05) is 41.1 Å². The second-order valence-electron chi connectivity index (χ2n) is 6.20. The predicted molar refractivity (Wildman–Crippen MR) is 106 cm³/mol. The van der Waals surface area contributed by atoms with Crippen LogP contribution >= 0.6 is 0 Å². The van der Waals surface area contributed by atoms with E-state index in [-0.39, 0.29) is 17.9 Å². The first-order valence-electron chi connectivity index (χ1n) is 8.55. The molecule has 0 bridgehead atoms. The van der Waals surface area contributed by atoms with Gasteiger partial charge in [-0.25, -0.2) is 0 Å². The monoisotopic (exact) mass is 374 g/mol. The van der Waals surface area contributed by atoms with Crippen LogP contribution < -0.4 is 11.1 Å². The number of benzene rings is 2. The van der Waals surface area contributed by atoms with Gasteiger partial charge in [0.1, 0.15) is 0 Å². The molecule has 0 aliphatic rings. The summed E-state index contributed by atoms with van der Waals surface area (Å²) >= 11 is 0. The molecule has 3 unspecified atom stereocenters. The standard InChI is InChI=1S/C20H26N2O3S/c1-15(19(21)17-8-4-3-5-9-17)20(23)22-18-10-6-7-16(13-18)14-26(24)12-11-25-2/h3-10,13,15,19H,11-12,14,21H2,1-2H3,(H,22,23). The summed E-state index contributed by atoms with van der Waals surface area (Å²) in [7, 11) is 0.601. The van der Waals surface area contributed by atoms with E-state index in [0.717, 1.165) is 11.1 Å².